The van der Waals surface area contributed by atoms with Crippen LogP contribution < -0.4 is 11.1 Å². The highest BCUT2D eigenvalue weighted by molar-refractivity contribution is 5.85. The van der Waals surface area contributed by atoms with Crippen LogP contribution in [0.25, 0.3) is 0 Å². The zero-order chi connectivity index (χ0) is 11.5. The number of nitrogens with one attached hydrogen (secondary N) is 1. The molecule has 0 saturated carbocycles. The van der Waals surface area contributed by atoms with Crippen molar-refractivity contribution in [2.75, 3.05) is 0 Å². The summed E-state index contributed by atoms with van der Waals surface area (Å²) in [6, 6.07) is 3.83. The van der Waals surface area contributed by atoms with E-state index in [0.29, 0.717) is 6.54 Å². The molecule has 1 heterocycles. The van der Waals surface area contributed by atoms with Crippen LogP contribution in [0.3, 0.4) is 0 Å². The fraction of sp³-hybridized carbons (Fsp3) is 0.455. The number of aryl methyl sites for hydroxylation is 1. The number of pyridine rings is 1. The number of carbonyl (C=O) groups is 1. The van der Waals surface area contributed by atoms with Crippen molar-refractivity contribution in [3.8, 4) is 0 Å². The zero-order valence-corrected chi connectivity index (χ0v) is 11.8. The average Bonchev–Trinajstić information content (AvgIpc) is 2.14. The number of rotatable bonds is 3. The third kappa shape index (κ3) is 5.86. The zero-order valence-electron chi connectivity index (χ0n) is 10.2. The lowest BCUT2D eigenvalue weighted by atomic mass is 10.1. The van der Waals surface area contributed by atoms with Gasteiger partial charge in [-0.1, -0.05) is 6.07 Å². The van der Waals surface area contributed by atoms with Crippen LogP contribution in [0, 0.1) is 6.92 Å². The maximum atomic E-state index is 11.5. The van der Waals surface area contributed by atoms with E-state index < -0.39 is 5.54 Å². The van der Waals surface area contributed by atoms with Gasteiger partial charge in [-0.05, 0) is 32.4 Å². The topological polar surface area (TPSA) is 68.0 Å². The van der Waals surface area contributed by atoms with Gasteiger partial charge in [0.25, 0.3) is 0 Å². The standard InChI is InChI=1S/C11H17N3O.2ClH/c1-8-5-4-6-13-9(8)7-14-10(15)11(2,3)12;;/h4-6H,7,12H2,1-3H3,(H,14,15);2*1H. The van der Waals surface area contributed by atoms with Crippen LogP contribution in [0.2, 0.25) is 0 Å². The predicted molar refractivity (Wildman–Crippen MR) is 73.6 cm³/mol. The van der Waals surface area contributed by atoms with Crippen molar-refractivity contribution in [2.45, 2.75) is 32.9 Å². The molecule has 0 spiro atoms. The maximum Gasteiger partial charge on any atom is 0.239 e. The molecule has 0 unspecified atom stereocenters. The second kappa shape index (κ2) is 7.48. The lowest BCUT2D eigenvalue weighted by molar-refractivity contribution is -0.125. The molecule has 1 aromatic heterocycles. The van der Waals surface area contributed by atoms with Crippen molar-refractivity contribution in [3.63, 3.8) is 0 Å². The first-order valence-electron chi connectivity index (χ1n) is 4.89. The van der Waals surface area contributed by atoms with Crippen LogP contribution >= 0.6 is 24.8 Å². The van der Waals surface area contributed by atoms with Crippen LogP contribution in [0.1, 0.15) is 25.1 Å². The number of aromatic nitrogens is 1. The summed E-state index contributed by atoms with van der Waals surface area (Å²) in [5.41, 5.74) is 6.74. The van der Waals surface area contributed by atoms with Crippen LogP contribution in [-0.2, 0) is 11.3 Å². The summed E-state index contributed by atoms with van der Waals surface area (Å²) in [6.07, 6.45) is 1.71. The fourth-order valence-electron chi connectivity index (χ4n) is 1.10. The van der Waals surface area contributed by atoms with Crippen molar-refractivity contribution < 1.29 is 4.79 Å². The quantitative estimate of drug-likeness (QED) is 0.883. The number of nitrogens with two attached hydrogens (primary N) is 1. The van der Waals surface area contributed by atoms with Crippen molar-refractivity contribution in [1.82, 2.24) is 10.3 Å². The van der Waals surface area contributed by atoms with E-state index in [-0.39, 0.29) is 30.7 Å². The lowest BCUT2D eigenvalue weighted by Gasteiger charge is -2.17. The third-order valence-corrected chi connectivity index (χ3v) is 2.12. The molecule has 0 aliphatic carbocycles. The van der Waals surface area contributed by atoms with E-state index >= 15 is 0 Å². The predicted octanol–water partition coefficient (Wildman–Crippen LogP) is 1.59. The van der Waals surface area contributed by atoms with Gasteiger partial charge < -0.3 is 11.1 Å². The lowest BCUT2D eigenvalue weighted by Crippen LogP contribution is -2.48. The minimum atomic E-state index is -0.845. The molecule has 0 aliphatic heterocycles. The Morgan fingerprint density at radius 1 is 1.47 bits per heavy atom. The number of hydrogen-bond donors (Lipinski definition) is 2. The summed E-state index contributed by atoms with van der Waals surface area (Å²) in [5, 5.41) is 2.75. The normalized spacial score (nSPS) is 9.88. The largest absolute Gasteiger partial charge is 0.349 e. The van der Waals surface area contributed by atoms with Gasteiger partial charge in [-0.3, -0.25) is 9.78 Å². The molecule has 0 aromatic carbocycles. The Bertz CT molecular complexity index is 364. The summed E-state index contributed by atoms with van der Waals surface area (Å²) >= 11 is 0. The highest BCUT2D eigenvalue weighted by atomic mass is 35.5. The van der Waals surface area contributed by atoms with Gasteiger partial charge in [0, 0.05) is 6.20 Å². The average molecular weight is 280 g/mol. The van der Waals surface area contributed by atoms with E-state index in [0.717, 1.165) is 11.3 Å². The van der Waals surface area contributed by atoms with Gasteiger partial charge in [0.1, 0.15) is 0 Å². The Hall–Kier alpha value is -0.840. The first-order chi connectivity index (χ1) is 6.91. The molecular weight excluding hydrogens is 261 g/mol. The number of carbonyl (C=O) groups excluding carboxylic acids is 1. The maximum absolute atomic E-state index is 11.5. The molecule has 1 aromatic rings. The Balaban J connectivity index is 0. The van der Waals surface area contributed by atoms with Gasteiger partial charge in [0.2, 0.25) is 5.91 Å². The van der Waals surface area contributed by atoms with Gasteiger partial charge >= 0.3 is 0 Å². The monoisotopic (exact) mass is 279 g/mol. The minimum absolute atomic E-state index is 0. The Kier molecular flexibility index (Phi) is 8.15. The van der Waals surface area contributed by atoms with Crippen LogP contribution in [0.15, 0.2) is 18.3 Å². The second-order valence-corrected chi connectivity index (χ2v) is 4.17. The van der Waals surface area contributed by atoms with E-state index in [9.17, 15) is 4.79 Å². The molecule has 0 atom stereocenters. The first-order valence-corrected chi connectivity index (χ1v) is 4.89. The molecule has 0 saturated heterocycles. The van der Waals surface area contributed by atoms with Gasteiger partial charge in [-0.25, -0.2) is 0 Å². The first kappa shape index (κ1) is 18.5. The van der Waals surface area contributed by atoms with Gasteiger partial charge in [-0.2, -0.15) is 0 Å². The molecule has 0 aliphatic rings. The smallest absolute Gasteiger partial charge is 0.239 e. The molecule has 1 rings (SSSR count). The molecule has 98 valence electrons. The molecule has 4 nitrogen and oxygen atoms in total. The van der Waals surface area contributed by atoms with Gasteiger partial charge in [-0.15, -0.1) is 24.8 Å². The van der Waals surface area contributed by atoms with Crippen molar-refractivity contribution >= 4 is 30.7 Å². The van der Waals surface area contributed by atoms with Crippen molar-refractivity contribution in [3.05, 3.63) is 29.6 Å². The van der Waals surface area contributed by atoms with Crippen molar-refractivity contribution in [1.29, 1.82) is 0 Å². The molecule has 0 radical (unpaired) electrons. The van der Waals surface area contributed by atoms with E-state index in [1.165, 1.54) is 0 Å². The Morgan fingerprint density at radius 3 is 2.53 bits per heavy atom. The molecule has 3 N–H and O–H groups in total. The molecule has 0 fully saturated rings. The molecule has 6 heteroatoms. The number of halogens is 2. The van der Waals surface area contributed by atoms with Crippen molar-refractivity contribution in [2.24, 2.45) is 5.73 Å². The SMILES string of the molecule is Cc1cccnc1CNC(=O)C(C)(C)N.Cl.Cl. The second-order valence-electron chi connectivity index (χ2n) is 4.17. The fourth-order valence-corrected chi connectivity index (χ4v) is 1.10. The molecular formula is C11H19Cl2N3O. The minimum Gasteiger partial charge on any atom is -0.349 e. The number of hydrogen-bond acceptors (Lipinski definition) is 3. The van der Waals surface area contributed by atoms with E-state index in [1.807, 2.05) is 19.1 Å². The van der Waals surface area contributed by atoms with E-state index in [4.69, 9.17) is 5.73 Å². The summed E-state index contributed by atoms with van der Waals surface area (Å²) in [5.74, 6) is -0.174. The summed E-state index contributed by atoms with van der Waals surface area (Å²) in [4.78, 5) is 15.7. The highest BCUT2D eigenvalue weighted by Gasteiger charge is 2.21. The third-order valence-electron chi connectivity index (χ3n) is 2.12. The summed E-state index contributed by atoms with van der Waals surface area (Å²) in [7, 11) is 0. The van der Waals surface area contributed by atoms with Crippen LogP contribution in [0.5, 0.6) is 0 Å². The Morgan fingerprint density at radius 2 is 2.06 bits per heavy atom. The van der Waals surface area contributed by atoms with Crippen LogP contribution in [-0.4, -0.2) is 16.4 Å². The molecule has 1 amide bonds. The van der Waals surface area contributed by atoms with Crippen LogP contribution in [0.4, 0.5) is 0 Å². The highest BCUT2D eigenvalue weighted by Crippen LogP contribution is 2.03. The van der Waals surface area contributed by atoms with E-state index in [1.54, 1.807) is 20.0 Å². The molecule has 17 heavy (non-hydrogen) atoms. The van der Waals surface area contributed by atoms with E-state index in [2.05, 4.69) is 10.3 Å². The number of nitrogens with zero attached hydrogens (tertiary/aromatic N) is 1. The van der Waals surface area contributed by atoms with Gasteiger partial charge in [0.05, 0.1) is 17.8 Å². The molecule has 0 bridgehead atoms. The Labute approximate surface area is 114 Å². The van der Waals surface area contributed by atoms with Gasteiger partial charge in [0.15, 0.2) is 0 Å². The number of amides is 1. The summed E-state index contributed by atoms with van der Waals surface area (Å²) < 4.78 is 0. The summed E-state index contributed by atoms with van der Waals surface area (Å²) in [6.45, 7) is 5.73.